The number of likely N-dealkylation sites (tertiary alicyclic amines) is 1. The third kappa shape index (κ3) is 5.65. The molecule has 184 valence electrons. The Morgan fingerprint density at radius 3 is 2.35 bits per heavy atom. The molecule has 34 heavy (non-hydrogen) atoms. The van der Waals surface area contributed by atoms with E-state index in [2.05, 4.69) is 28.9 Å². The summed E-state index contributed by atoms with van der Waals surface area (Å²) in [6, 6.07) is 10.2. The lowest BCUT2D eigenvalue weighted by Gasteiger charge is -2.38. The van der Waals surface area contributed by atoms with Crippen molar-refractivity contribution in [2.24, 2.45) is 17.4 Å². The van der Waals surface area contributed by atoms with Gasteiger partial charge in [0.1, 0.15) is 5.82 Å². The lowest BCUT2D eigenvalue weighted by atomic mass is 9.96. The van der Waals surface area contributed by atoms with Crippen LogP contribution >= 0.6 is 0 Å². The average molecular weight is 468 g/mol. The van der Waals surface area contributed by atoms with Gasteiger partial charge in [-0.05, 0) is 49.9 Å². The second kappa shape index (κ2) is 9.85. The molecule has 0 aliphatic carbocycles. The van der Waals surface area contributed by atoms with Crippen molar-refractivity contribution >= 4 is 11.7 Å². The van der Waals surface area contributed by atoms with E-state index in [1.54, 1.807) is 29.5 Å². The summed E-state index contributed by atoms with van der Waals surface area (Å²) in [4.78, 5) is 35.7. The summed E-state index contributed by atoms with van der Waals surface area (Å²) in [6.45, 7) is 10.9. The first-order valence-electron chi connectivity index (χ1n) is 12.1. The zero-order valence-electron chi connectivity index (χ0n) is 20.5. The number of benzene rings is 1. The highest BCUT2D eigenvalue weighted by Gasteiger charge is 2.30. The molecule has 2 aliphatic rings. The van der Waals surface area contributed by atoms with Crippen molar-refractivity contribution in [2.75, 3.05) is 44.2 Å². The van der Waals surface area contributed by atoms with Crippen LogP contribution in [-0.2, 0) is 11.3 Å². The van der Waals surface area contributed by atoms with Gasteiger partial charge < -0.3 is 21.3 Å². The first-order valence-corrected chi connectivity index (χ1v) is 12.1. The number of piperidine rings is 1. The number of hydrogen-bond acceptors (Lipinski definition) is 7. The van der Waals surface area contributed by atoms with Crippen LogP contribution < -0.4 is 22.1 Å². The number of carbonyl (C=O) groups is 1. The van der Waals surface area contributed by atoms with Gasteiger partial charge in [-0.15, -0.1) is 0 Å². The predicted octanol–water partition coefficient (Wildman–Crippen LogP) is 0.788. The Hall–Kier alpha value is -2.75. The molecule has 1 aromatic heterocycles. The Morgan fingerprint density at radius 1 is 1.09 bits per heavy atom. The van der Waals surface area contributed by atoms with E-state index in [1.807, 2.05) is 23.1 Å². The minimum atomic E-state index is -0.879. The number of anilines is 1. The SMILES string of the molecule is CC1CC(N)CN(Cc2ccc(-n3ccc(N4CCN(C(=O)C(C)(C)N)CC4)nc3=O)cc2)C1. The summed E-state index contributed by atoms with van der Waals surface area (Å²) in [5, 5.41) is 0. The average Bonchev–Trinajstić information content (AvgIpc) is 2.78. The van der Waals surface area contributed by atoms with Crippen molar-refractivity contribution < 1.29 is 4.79 Å². The van der Waals surface area contributed by atoms with Crippen molar-refractivity contribution in [1.29, 1.82) is 0 Å². The first kappa shape index (κ1) is 24.4. The Morgan fingerprint density at radius 2 is 1.76 bits per heavy atom. The van der Waals surface area contributed by atoms with E-state index in [1.165, 1.54) is 5.56 Å². The van der Waals surface area contributed by atoms with E-state index < -0.39 is 5.54 Å². The summed E-state index contributed by atoms with van der Waals surface area (Å²) in [7, 11) is 0. The molecule has 0 saturated carbocycles. The minimum absolute atomic E-state index is 0.0587. The standard InChI is InChI=1S/C25H37N7O2/c1-18-14-20(26)17-29(15-18)16-19-4-6-21(7-5-19)32-9-8-22(28-24(32)34)30-10-12-31(13-11-30)23(33)25(2,3)27/h4-9,18,20H,10-17,26-27H2,1-3H3. The van der Waals surface area contributed by atoms with E-state index in [0.717, 1.165) is 31.7 Å². The summed E-state index contributed by atoms with van der Waals surface area (Å²) in [5.74, 6) is 1.19. The summed E-state index contributed by atoms with van der Waals surface area (Å²) >= 11 is 0. The van der Waals surface area contributed by atoms with Crippen LogP contribution in [-0.4, -0.2) is 76.1 Å². The molecular formula is C25H37N7O2. The third-order valence-electron chi connectivity index (χ3n) is 6.62. The molecule has 0 bridgehead atoms. The molecule has 9 heteroatoms. The van der Waals surface area contributed by atoms with Crippen molar-refractivity contribution in [2.45, 2.75) is 45.3 Å². The molecule has 2 aliphatic heterocycles. The van der Waals surface area contributed by atoms with Gasteiger partial charge in [0.05, 0.1) is 11.2 Å². The fraction of sp³-hybridized carbons (Fsp3) is 0.560. The van der Waals surface area contributed by atoms with Gasteiger partial charge in [0.25, 0.3) is 0 Å². The van der Waals surface area contributed by atoms with Gasteiger partial charge >= 0.3 is 5.69 Å². The molecule has 0 spiro atoms. The smallest absolute Gasteiger partial charge is 0.353 e. The molecule has 2 fully saturated rings. The quantitative estimate of drug-likeness (QED) is 0.668. The monoisotopic (exact) mass is 467 g/mol. The van der Waals surface area contributed by atoms with Gasteiger partial charge in [0.2, 0.25) is 5.91 Å². The maximum absolute atomic E-state index is 12.8. The molecule has 2 unspecified atom stereocenters. The van der Waals surface area contributed by atoms with E-state index in [4.69, 9.17) is 11.5 Å². The highest BCUT2D eigenvalue weighted by molar-refractivity contribution is 5.85. The van der Waals surface area contributed by atoms with Crippen LogP contribution in [0.25, 0.3) is 5.69 Å². The van der Waals surface area contributed by atoms with Gasteiger partial charge in [-0.2, -0.15) is 4.98 Å². The third-order valence-corrected chi connectivity index (χ3v) is 6.62. The van der Waals surface area contributed by atoms with E-state index in [0.29, 0.717) is 37.9 Å². The van der Waals surface area contributed by atoms with Crippen LogP contribution in [0.1, 0.15) is 32.8 Å². The molecule has 1 amide bonds. The van der Waals surface area contributed by atoms with Crippen LogP contribution in [0.2, 0.25) is 0 Å². The highest BCUT2D eigenvalue weighted by atomic mass is 16.2. The number of piperazine rings is 1. The number of aromatic nitrogens is 2. The molecule has 2 atom stereocenters. The number of nitrogens with two attached hydrogens (primary N) is 2. The second-order valence-electron chi connectivity index (χ2n) is 10.4. The largest absolute Gasteiger partial charge is 0.354 e. The summed E-state index contributed by atoms with van der Waals surface area (Å²) in [5.41, 5.74) is 12.9. The van der Waals surface area contributed by atoms with Crippen LogP contribution in [0.3, 0.4) is 0 Å². The Balaban J connectivity index is 1.39. The molecule has 2 aromatic rings. The summed E-state index contributed by atoms with van der Waals surface area (Å²) in [6.07, 6.45) is 2.85. The predicted molar refractivity (Wildman–Crippen MR) is 134 cm³/mol. The molecular weight excluding hydrogens is 430 g/mol. The maximum Gasteiger partial charge on any atom is 0.354 e. The molecule has 4 rings (SSSR count). The number of amides is 1. The van der Waals surface area contributed by atoms with Gasteiger partial charge in [-0.1, -0.05) is 19.1 Å². The highest BCUT2D eigenvalue weighted by Crippen LogP contribution is 2.19. The fourth-order valence-corrected chi connectivity index (χ4v) is 4.97. The number of hydrogen-bond donors (Lipinski definition) is 2. The topological polar surface area (TPSA) is 114 Å². The minimum Gasteiger partial charge on any atom is -0.353 e. The van der Waals surface area contributed by atoms with Gasteiger partial charge in [-0.3, -0.25) is 14.3 Å². The first-order chi connectivity index (χ1) is 16.1. The Labute approximate surface area is 201 Å². The van der Waals surface area contributed by atoms with Crippen molar-refractivity contribution in [3.8, 4) is 5.69 Å². The number of carbonyl (C=O) groups excluding carboxylic acids is 1. The fourth-order valence-electron chi connectivity index (χ4n) is 4.97. The lowest BCUT2D eigenvalue weighted by Crippen LogP contribution is -2.57. The molecule has 9 nitrogen and oxygen atoms in total. The van der Waals surface area contributed by atoms with Gasteiger partial charge in [0, 0.05) is 58.1 Å². The Kier molecular flexibility index (Phi) is 7.06. The molecule has 1 aromatic carbocycles. The zero-order chi connectivity index (χ0) is 24.5. The normalized spacial score (nSPS) is 22.1. The van der Waals surface area contributed by atoms with Crippen LogP contribution in [0, 0.1) is 5.92 Å². The van der Waals surface area contributed by atoms with Crippen LogP contribution in [0.15, 0.2) is 41.3 Å². The van der Waals surface area contributed by atoms with Crippen molar-refractivity contribution in [1.82, 2.24) is 19.4 Å². The Bertz CT molecular complexity index is 1040. The van der Waals surface area contributed by atoms with Crippen molar-refractivity contribution in [3.05, 3.63) is 52.6 Å². The molecule has 2 saturated heterocycles. The van der Waals surface area contributed by atoms with Crippen LogP contribution in [0.4, 0.5) is 5.82 Å². The zero-order valence-corrected chi connectivity index (χ0v) is 20.5. The second-order valence-corrected chi connectivity index (χ2v) is 10.4. The molecule has 0 radical (unpaired) electrons. The molecule has 4 N–H and O–H groups in total. The number of nitrogens with zero attached hydrogens (tertiary/aromatic N) is 5. The van der Waals surface area contributed by atoms with Crippen molar-refractivity contribution in [3.63, 3.8) is 0 Å². The van der Waals surface area contributed by atoms with E-state index >= 15 is 0 Å². The number of rotatable bonds is 5. The molecule has 3 heterocycles. The van der Waals surface area contributed by atoms with Gasteiger partial charge in [-0.25, -0.2) is 4.79 Å². The van der Waals surface area contributed by atoms with E-state index in [-0.39, 0.29) is 17.6 Å². The summed E-state index contributed by atoms with van der Waals surface area (Å²) < 4.78 is 1.56. The van der Waals surface area contributed by atoms with Crippen LogP contribution in [0.5, 0.6) is 0 Å². The van der Waals surface area contributed by atoms with Gasteiger partial charge in [0.15, 0.2) is 0 Å². The lowest BCUT2D eigenvalue weighted by molar-refractivity contribution is -0.136. The van der Waals surface area contributed by atoms with E-state index in [9.17, 15) is 9.59 Å². The maximum atomic E-state index is 12.8.